The lowest BCUT2D eigenvalue weighted by molar-refractivity contribution is -0.121. The molecular weight excluding hydrogens is 514 g/mol. The number of carbonyl (C=O) groups is 1. The molecule has 0 atom stereocenters. The molecule has 2 aromatic rings. The van der Waals surface area contributed by atoms with E-state index in [-0.39, 0.29) is 43.4 Å². The Morgan fingerprint density at radius 3 is 2.20 bits per heavy atom. The third kappa shape index (κ3) is 4.44. The molecule has 1 amide bonds. The van der Waals surface area contributed by atoms with Crippen LogP contribution in [0.4, 0.5) is 0 Å². The van der Waals surface area contributed by atoms with Gasteiger partial charge >= 0.3 is 0 Å². The second-order valence-electron chi connectivity index (χ2n) is 6.11. The maximum Gasteiger partial charge on any atom is 0.276 e. The van der Waals surface area contributed by atoms with Crippen molar-refractivity contribution in [3.63, 3.8) is 0 Å². The molecule has 0 aromatic heterocycles. The minimum Gasteiger partial charge on any atom is -0.496 e. The van der Waals surface area contributed by atoms with Crippen molar-refractivity contribution in [2.75, 3.05) is 14.2 Å². The quantitative estimate of drug-likeness (QED) is 0.217. The van der Waals surface area contributed by atoms with Crippen LogP contribution in [-0.2, 0) is 11.4 Å². The maximum atomic E-state index is 12.2. The molecule has 0 aliphatic carbocycles. The van der Waals surface area contributed by atoms with E-state index >= 15 is 0 Å². The summed E-state index contributed by atoms with van der Waals surface area (Å²) in [6.45, 7) is 0.0353. The summed E-state index contributed by atoms with van der Waals surface area (Å²) in [4.78, 5) is 13.6. The second-order valence-corrected chi connectivity index (χ2v) is 8.39. The van der Waals surface area contributed by atoms with Gasteiger partial charge in [0, 0.05) is 12.6 Å². The summed E-state index contributed by atoms with van der Waals surface area (Å²) in [5.74, 6) is 0.440. The minimum absolute atomic E-state index is 0.0353. The van der Waals surface area contributed by atoms with Gasteiger partial charge < -0.3 is 14.8 Å². The van der Waals surface area contributed by atoms with Crippen LogP contribution in [0.25, 0.3) is 6.08 Å². The van der Waals surface area contributed by atoms with E-state index in [1.165, 1.54) is 12.0 Å². The predicted molar refractivity (Wildman–Crippen MR) is 125 cm³/mol. The van der Waals surface area contributed by atoms with Crippen LogP contribution in [0.2, 0.25) is 25.1 Å². The number of amides is 1. The fraction of sp³-hybridized carbons (Fsp3) is 0.158. The largest absolute Gasteiger partial charge is 0.496 e. The molecular formula is C19H13Cl5N2O3S. The molecule has 5 nitrogen and oxygen atoms in total. The standard InChI is InChI=1S/C19H13Cl5N2O3S/c1-26-18(27)10(25-19(26)30)6-8-3-4-11(28-2)9(5-8)7-29-17-15(23)13(21)12(20)14(22)16(17)24/h3-6H,7H2,1-2H3,(H,25,30)/b10-6+. The number of nitrogens with one attached hydrogen (secondary N) is 1. The van der Waals surface area contributed by atoms with Crippen LogP contribution < -0.4 is 14.8 Å². The highest BCUT2D eigenvalue weighted by Gasteiger charge is 2.27. The summed E-state index contributed by atoms with van der Waals surface area (Å²) in [7, 11) is 3.13. The van der Waals surface area contributed by atoms with Crippen molar-refractivity contribution in [3.05, 3.63) is 60.1 Å². The Labute approximate surface area is 203 Å². The van der Waals surface area contributed by atoms with Gasteiger partial charge in [0.2, 0.25) is 0 Å². The van der Waals surface area contributed by atoms with Gasteiger partial charge in [0.1, 0.15) is 28.1 Å². The van der Waals surface area contributed by atoms with Crippen molar-refractivity contribution in [3.8, 4) is 11.5 Å². The third-order valence-electron chi connectivity index (χ3n) is 4.24. The maximum absolute atomic E-state index is 12.2. The third-order valence-corrected chi connectivity index (χ3v) is 6.86. The SMILES string of the molecule is COc1ccc(/C=C2/NC(=S)N(C)C2=O)cc1COc1c(Cl)c(Cl)c(Cl)c(Cl)c1Cl. The molecule has 1 saturated heterocycles. The summed E-state index contributed by atoms with van der Waals surface area (Å²) in [5.41, 5.74) is 1.76. The zero-order valence-electron chi connectivity index (χ0n) is 15.5. The summed E-state index contributed by atoms with van der Waals surface area (Å²) in [6, 6.07) is 5.34. The topological polar surface area (TPSA) is 50.8 Å². The Balaban J connectivity index is 1.91. The monoisotopic (exact) mass is 524 g/mol. The first-order valence-corrected chi connectivity index (χ1v) is 10.6. The summed E-state index contributed by atoms with van der Waals surface area (Å²) in [6.07, 6.45) is 1.68. The Kier molecular flexibility index (Phi) is 7.28. The molecule has 1 aliphatic rings. The number of methoxy groups -OCH3 is 1. The molecule has 0 radical (unpaired) electrons. The number of hydrogen-bond donors (Lipinski definition) is 1. The molecule has 11 heteroatoms. The Hall–Kier alpha value is -1.41. The summed E-state index contributed by atoms with van der Waals surface area (Å²) < 4.78 is 11.2. The Morgan fingerprint density at radius 1 is 1.07 bits per heavy atom. The van der Waals surface area contributed by atoms with Crippen LogP contribution in [0.5, 0.6) is 11.5 Å². The van der Waals surface area contributed by atoms with Crippen LogP contribution in [0, 0.1) is 0 Å². The van der Waals surface area contributed by atoms with E-state index in [4.69, 9.17) is 79.7 Å². The molecule has 1 N–H and O–H groups in total. The summed E-state index contributed by atoms with van der Waals surface area (Å²) in [5, 5.41) is 3.43. The average Bonchev–Trinajstić information content (AvgIpc) is 2.97. The van der Waals surface area contributed by atoms with Gasteiger partial charge in [0.15, 0.2) is 10.9 Å². The fourth-order valence-corrected chi connectivity index (χ4v) is 4.08. The number of likely N-dealkylation sites (N-methyl/N-ethyl adjacent to an activating group) is 1. The van der Waals surface area contributed by atoms with Crippen LogP contribution >= 0.6 is 70.2 Å². The fourth-order valence-electron chi connectivity index (χ4n) is 2.65. The van der Waals surface area contributed by atoms with E-state index in [1.54, 1.807) is 31.3 Å². The van der Waals surface area contributed by atoms with E-state index in [9.17, 15) is 4.79 Å². The van der Waals surface area contributed by atoms with Gasteiger partial charge in [-0.25, -0.2) is 0 Å². The molecule has 3 rings (SSSR count). The van der Waals surface area contributed by atoms with Crippen molar-refractivity contribution in [1.82, 2.24) is 10.2 Å². The number of ether oxygens (including phenoxy) is 2. The first-order chi connectivity index (χ1) is 14.1. The minimum atomic E-state index is -0.224. The van der Waals surface area contributed by atoms with Gasteiger partial charge in [-0.2, -0.15) is 0 Å². The normalized spacial score (nSPS) is 15.0. The Bertz CT molecular complexity index is 1060. The van der Waals surface area contributed by atoms with Gasteiger partial charge in [0.25, 0.3) is 5.91 Å². The average molecular weight is 527 g/mol. The van der Waals surface area contributed by atoms with Crippen molar-refractivity contribution < 1.29 is 14.3 Å². The van der Waals surface area contributed by atoms with E-state index in [2.05, 4.69) is 5.32 Å². The highest BCUT2D eigenvalue weighted by atomic mass is 35.5. The molecule has 1 heterocycles. The van der Waals surface area contributed by atoms with Gasteiger partial charge in [-0.15, -0.1) is 0 Å². The van der Waals surface area contributed by atoms with E-state index in [0.717, 1.165) is 5.56 Å². The molecule has 2 aromatic carbocycles. The van der Waals surface area contributed by atoms with Gasteiger partial charge in [-0.3, -0.25) is 9.69 Å². The second kappa shape index (κ2) is 9.39. The number of benzene rings is 2. The van der Waals surface area contributed by atoms with E-state index in [0.29, 0.717) is 22.1 Å². The zero-order chi connectivity index (χ0) is 22.2. The number of rotatable bonds is 5. The van der Waals surface area contributed by atoms with Gasteiger partial charge in [-0.05, 0) is 36.0 Å². The molecule has 0 saturated carbocycles. The number of hydrogen-bond acceptors (Lipinski definition) is 4. The smallest absolute Gasteiger partial charge is 0.276 e. The van der Waals surface area contributed by atoms with E-state index in [1.807, 2.05) is 0 Å². The Morgan fingerprint density at radius 2 is 1.67 bits per heavy atom. The lowest BCUT2D eigenvalue weighted by atomic mass is 10.1. The highest BCUT2D eigenvalue weighted by molar-refractivity contribution is 7.80. The molecule has 30 heavy (non-hydrogen) atoms. The van der Waals surface area contributed by atoms with Crippen LogP contribution in [0.1, 0.15) is 11.1 Å². The van der Waals surface area contributed by atoms with Crippen molar-refractivity contribution in [2.24, 2.45) is 0 Å². The number of halogens is 5. The highest BCUT2D eigenvalue weighted by Crippen LogP contribution is 2.48. The number of thiocarbonyl (C=S) groups is 1. The van der Waals surface area contributed by atoms with Crippen molar-refractivity contribution >= 4 is 87.3 Å². The van der Waals surface area contributed by atoms with Crippen LogP contribution in [0.3, 0.4) is 0 Å². The van der Waals surface area contributed by atoms with Crippen molar-refractivity contribution in [2.45, 2.75) is 6.61 Å². The van der Waals surface area contributed by atoms with Gasteiger partial charge in [-0.1, -0.05) is 64.1 Å². The first-order valence-electron chi connectivity index (χ1n) is 8.27. The molecule has 0 bridgehead atoms. The van der Waals surface area contributed by atoms with Gasteiger partial charge in [0.05, 0.1) is 22.2 Å². The lowest BCUT2D eigenvalue weighted by Gasteiger charge is -2.15. The number of nitrogens with zero attached hydrogens (tertiary/aromatic N) is 1. The van der Waals surface area contributed by atoms with Crippen LogP contribution in [-0.4, -0.2) is 30.1 Å². The molecule has 158 valence electrons. The zero-order valence-corrected chi connectivity index (χ0v) is 20.1. The molecule has 1 aliphatic heterocycles. The first kappa shape index (κ1) is 23.3. The number of carbonyl (C=O) groups excluding carboxylic acids is 1. The summed E-state index contributed by atoms with van der Waals surface area (Å²) >= 11 is 35.7. The predicted octanol–water partition coefficient (Wildman–Crippen LogP) is 6.23. The molecule has 1 fully saturated rings. The van der Waals surface area contributed by atoms with E-state index < -0.39 is 0 Å². The van der Waals surface area contributed by atoms with Crippen molar-refractivity contribution in [1.29, 1.82) is 0 Å². The lowest BCUT2D eigenvalue weighted by Crippen LogP contribution is -2.25. The van der Waals surface area contributed by atoms with Crippen LogP contribution in [0.15, 0.2) is 23.9 Å². The molecule has 0 spiro atoms. The molecule has 0 unspecified atom stereocenters.